The van der Waals surface area contributed by atoms with Crippen LogP contribution in [0.1, 0.15) is 47.2 Å². The van der Waals surface area contributed by atoms with E-state index in [1.807, 2.05) is 30.3 Å². The molecule has 1 saturated carbocycles. The van der Waals surface area contributed by atoms with Crippen LogP contribution in [-0.4, -0.2) is 34.2 Å². The van der Waals surface area contributed by atoms with Crippen LogP contribution in [0.2, 0.25) is 0 Å². The van der Waals surface area contributed by atoms with Crippen molar-refractivity contribution in [1.29, 1.82) is 5.26 Å². The SMILES string of the molecule is N#Cc1ccc(NC2CCC(N(C(=O)NCc3ccccc3)c3ccc(C(=O)O)cc3)CC2)nc1. The molecule has 0 atom stereocenters. The van der Waals surface area contributed by atoms with E-state index < -0.39 is 5.97 Å². The summed E-state index contributed by atoms with van der Waals surface area (Å²) in [4.78, 5) is 30.6. The minimum atomic E-state index is -1.00. The van der Waals surface area contributed by atoms with Crippen LogP contribution < -0.4 is 15.5 Å². The molecule has 0 bridgehead atoms. The molecule has 0 saturated heterocycles. The Hall–Kier alpha value is -4.38. The Morgan fingerprint density at radius 3 is 2.31 bits per heavy atom. The molecule has 178 valence electrons. The topological polar surface area (TPSA) is 118 Å². The number of urea groups is 1. The van der Waals surface area contributed by atoms with Gasteiger partial charge in [-0.05, 0) is 67.6 Å². The summed E-state index contributed by atoms with van der Waals surface area (Å²) >= 11 is 0. The number of anilines is 2. The van der Waals surface area contributed by atoms with Crippen molar-refractivity contribution in [3.05, 3.63) is 89.6 Å². The fourth-order valence-corrected chi connectivity index (χ4v) is 4.35. The zero-order valence-electron chi connectivity index (χ0n) is 19.2. The van der Waals surface area contributed by atoms with E-state index in [1.165, 1.54) is 12.1 Å². The van der Waals surface area contributed by atoms with Gasteiger partial charge in [0.25, 0.3) is 0 Å². The lowest BCUT2D eigenvalue weighted by atomic mass is 9.89. The number of carbonyl (C=O) groups is 2. The van der Waals surface area contributed by atoms with Crippen LogP contribution in [0.25, 0.3) is 0 Å². The molecule has 3 aromatic rings. The van der Waals surface area contributed by atoms with Gasteiger partial charge in [-0.25, -0.2) is 14.6 Å². The highest BCUT2D eigenvalue weighted by Crippen LogP contribution is 2.29. The predicted octanol–water partition coefficient (Wildman–Crippen LogP) is 4.79. The van der Waals surface area contributed by atoms with Gasteiger partial charge in [0.2, 0.25) is 0 Å². The number of nitriles is 1. The number of nitrogens with one attached hydrogen (secondary N) is 2. The molecule has 35 heavy (non-hydrogen) atoms. The van der Waals surface area contributed by atoms with E-state index in [9.17, 15) is 14.7 Å². The molecule has 1 heterocycles. The quantitative estimate of drug-likeness (QED) is 0.458. The van der Waals surface area contributed by atoms with Gasteiger partial charge in [0.05, 0.1) is 11.1 Å². The second kappa shape index (κ2) is 11.2. The fourth-order valence-electron chi connectivity index (χ4n) is 4.35. The van der Waals surface area contributed by atoms with E-state index in [4.69, 9.17) is 5.26 Å². The summed E-state index contributed by atoms with van der Waals surface area (Å²) in [6.07, 6.45) is 4.82. The van der Waals surface area contributed by atoms with E-state index in [-0.39, 0.29) is 23.7 Å². The predicted molar refractivity (Wildman–Crippen MR) is 133 cm³/mol. The summed E-state index contributed by atoms with van der Waals surface area (Å²) in [6.45, 7) is 0.407. The van der Waals surface area contributed by atoms with Gasteiger partial charge in [0.1, 0.15) is 11.9 Å². The molecule has 1 aliphatic rings. The molecule has 0 aliphatic heterocycles. The van der Waals surface area contributed by atoms with Gasteiger partial charge in [-0.3, -0.25) is 4.90 Å². The van der Waals surface area contributed by atoms with E-state index in [1.54, 1.807) is 35.4 Å². The normalized spacial score (nSPS) is 17.1. The molecule has 1 aromatic heterocycles. The first-order valence-corrected chi connectivity index (χ1v) is 11.6. The van der Waals surface area contributed by atoms with Gasteiger partial charge < -0.3 is 15.7 Å². The maximum Gasteiger partial charge on any atom is 0.335 e. The first-order chi connectivity index (χ1) is 17.0. The molecule has 2 amide bonds. The van der Waals surface area contributed by atoms with Crippen molar-refractivity contribution in [2.75, 3.05) is 10.2 Å². The number of carboxylic acids is 1. The molecule has 1 fully saturated rings. The van der Waals surface area contributed by atoms with Gasteiger partial charge in [-0.15, -0.1) is 0 Å². The maximum atomic E-state index is 13.3. The molecule has 4 rings (SSSR count). The number of hydrogen-bond donors (Lipinski definition) is 3. The van der Waals surface area contributed by atoms with Gasteiger partial charge in [-0.2, -0.15) is 5.26 Å². The maximum absolute atomic E-state index is 13.3. The molecule has 2 aromatic carbocycles. The number of carboxylic acid groups (broad SMARTS) is 1. The number of aromatic nitrogens is 1. The number of rotatable bonds is 7. The van der Waals surface area contributed by atoms with Gasteiger partial charge in [-0.1, -0.05) is 30.3 Å². The van der Waals surface area contributed by atoms with Crippen LogP contribution in [0, 0.1) is 11.3 Å². The lowest BCUT2D eigenvalue weighted by molar-refractivity contribution is 0.0697. The number of hydrogen-bond acceptors (Lipinski definition) is 5. The summed E-state index contributed by atoms with van der Waals surface area (Å²) < 4.78 is 0. The zero-order chi connectivity index (χ0) is 24.6. The Morgan fingerprint density at radius 2 is 1.71 bits per heavy atom. The second-order valence-electron chi connectivity index (χ2n) is 8.56. The second-order valence-corrected chi connectivity index (χ2v) is 8.56. The van der Waals surface area contributed by atoms with Crippen molar-refractivity contribution in [1.82, 2.24) is 10.3 Å². The number of nitrogens with zero attached hydrogens (tertiary/aromatic N) is 3. The Bertz CT molecular complexity index is 1180. The summed E-state index contributed by atoms with van der Waals surface area (Å²) in [5.41, 5.74) is 2.38. The van der Waals surface area contributed by atoms with Crippen molar-refractivity contribution >= 4 is 23.5 Å². The number of aromatic carboxylic acids is 1. The molecule has 0 radical (unpaired) electrons. The van der Waals surface area contributed by atoms with E-state index in [2.05, 4.69) is 21.7 Å². The van der Waals surface area contributed by atoms with Crippen molar-refractivity contribution in [2.24, 2.45) is 0 Å². The monoisotopic (exact) mass is 469 g/mol. The smallest absolute Gasteiger partial charge is 0.335 e. The minimum Gasteiger partial charge on any atom is -0.478 e. The lowest BCUT2D eigenvalue weighted by Crippen LogP contribution is -2.48. The standard InChI is InChI=1S/C27H27N5O3/c28-16-20-6-15-25(29-18-20)31-22-9-13-24(14-10-22)32(23-11-7-21(8-12-23)26(33)34)27(35)30-17-19-4-2-1-3-5-19/h1-8,11-12,15,18,22,24H,9-10,13-14,17H2,(H,29,31)(H,30,35)(H,33,34). The molecule has 0 spiro atoms. The summed E-state index contributed by atoms with van der Waals surface area (Å²) in [5, 5.41) is 24.6. The highest BCUT2D eigenvalue weighted by atomic mass is 16.4. The van der Waals surface area contributed by atoms with Crippen molar-refractivity contribution in [3.8, 4) is 6.07 Å². The molecule has 0 unspecified atom stereocenters. The molecule has 8 nitrogen and oxygen atoms in total. The van der Waals surface area contributed by atoms with E-state index >= 15 is 0 Å². The number of pyridine rings is 1. The van der Waals surface area contributed by atoms with Gasteiger partial charge >= 0.3 is 12.0 Å². The van der Waals surface area contributed by atoms with E-state index in [0.717, 1.165) is 37.1 Å². The number of benzene rings is 2. The third-order valence-electron chi connectivity index (χ3n) is 6.20. The van der Waals surface area contributed by atoms with Gasteiger partial charge in [0.15, 0.2) is 0 Å². The zero-order valence-corrected chi connectivity index (χ0v) is 19.2. The highest BCUT2D eigenvalue weighted by Gasteiger charge is 2.30. The Labute approximate surface area is 204 Å². The fraction of sp³-hybridized carbons (Fsp3) is 0.259. The van der Waals surface area contributed by atoms with E-state index in [0.29, 0.717) is 17.8 Å². The lowest BCUT2D eigenvalue weighted by Gasteiger charge is -2.37. The third-order valence-corrected chi connectivity index (χ3v) is 6.20. The molecular formula is C27H27N5O3. The van der Waals surface area contributed by atoms with Crippen molar-refractivity contribution in [3.63, 3.8) is 0 Å². The van der Waals surface area contributed by atoms with Crippen molar-refractivity contribution in [2.45, 2.75) is 44.3 Å². The molecule has 1 aliphatic carbocycles. The van der Waals surface area contributed by atoms with Crippen LogP contribution in [0.5, 0.6) is 0 Å². The van der Waals surface area contributed by atoms with Crippen molar-refractivity contribution < 1.29 is 14.7 Å². The van der Waals surface area contributed by atoms with Crippen LogP contribution in [0.4, 0.5) is 16.3 Å². The van der Waals surface area contributed by atoms with Crippen LogP contribution in [0.3, 0.4) is 0 Å². The Balaban J connectivity index is 1.44. The average molecular weight is 470 g/mol. The minimum absolute atomic E-state index is 0.0200. The number of carbonyl (C=O) groups excluding carboxylic acids is 1. The highest BCUT2D eigenvalue weighted by molar-refractivity contribution is 5.94. The van der Waals surface area contributed by atoms with Gasteiger partial charge in [0, 0.05) is 30.5 Å². The third kappa shape index (κ3) is 6.15. The first-order valence-electron chi connectivity index (χ1n) is 11.6. The van der Waals surface area contributed by atoms with Crippen LogP contribution in [0.15, 0.2) is 72.9 Å². The van der Waals surface area contributed by atoms with Crippen LogP contribution in [-0.2, 0) is 6.54 Å². The number of amides is 2. The summed E-state index contributed by atoms with van der Waals surface area (Å²) in [6, 6.07) is 21.7. The summed E-state index contributed by atoms with van der Waals surface area (Å²) in [7, 11) is 0. The Morgan fingerprint density at radius 1 is 1.00 bits per heavy atom. The Kier molecular flexibility index (Phi) is 7.58. The molecule has 8 heteroatoms. The van der Waals surface area contributed by atoms with Crippen LogP contribution >= 0.6 is 0 Å². The summed E-state index contributed by atoms with van der Waals surface area (Å²) in [5.74, 6) is -0.270. The average Bonchev–Trinajstić information content (AvgIpc) is 2.90. The molecular weight excluding hydrogens is 442 g/mol. The largest absolute Gasteiger partial charge is 0.478 e. The molecule has 3 N–H and O–H groups in total. The first kappa shape index (κ1) is 23.8.